The first-order valence-corrected chi connectivity index (χ1v) is 11.0. The highest BCUT2D eigenvalue weighted by atomic mass is 79.9. The van der Waals surface area contributed by atoms with Crippen molar-refractivity contribution in [3.8, 4) is 0 Å². The Morgan fingerprint density at radius 3 is 2.56 bits per heavy atom. The number of nitrogens with one attached hydrogen (secondary N) is 1. The number of nitrogens with zero attached hydrogens (tertiary/aromatic N) is 1. The summed E-state index contributed by atoms with van der Waals surface area (Å²) in [6.07, 6.45) is -0.374. The van der Waals surface area contributed by atoms with Crippen molar-refractivity contribution in [2.75, 3.05) is 6.54 Å². The highest BCUT2D eigenvalue weighted by Crippen LogP contribution is 2.33. The van der Waals surface area contributed by atoms with Crippen LogP contribution in [0.5, 0.6) is 0 Å². The van der Waals surface area contributed by atoms with Crippen LogP contribution in [-0.2, 0) is 4.79 Å². The van der Waals surface area contributed by atoms with Crippen molar-refractivity contribution in [2.45, 2.75) is 25.7 Å². The van der Waals surface area contributed by atoms with E-state index in [0.717, 1.165) is 16.6 Å². The predicted molar refractivity (Wildman–Crippen MR) is 123 cm³/mol. The molecule has 2 aromatic carbocycles. The number of rotatable bonds is 7. The van der Waals surface area contributed by atoms with E-state index in [1.165, 1.54) is 0 Å². The molecule has 0 aliphatic rings. The summed E-state index contributed by atoms with van der Waals surface area (Å²) in [6.45, 7) is 1.48. The first kappa shape index (κ1) is 24.4. The van der Waals surface area contributed by atoms with Gasteiger partial charge in [0, 0.05) is 34.3 Å². The third kappa shape index (κ3) is 5.19. The van der Waals surface area contributed by atoms with Crippen molar-refractivity contribution in [1.29, 1.82) is 0 Å². The van der Waals surface area contributed by atoms with Crippen molar-refractivity contribution in [2.24, 2.45) is 0 Å². The minimum atomic E-state index is -1.11. The van der Waals surface area contributed by atoms with Crippen molar-refractivity contribution >= 4 is 61.9 Å². The number of pyridine rings is 1. The van der Waals surface area contributed by atoms with Crippen molar-refractivity contribution in [1.82, 2.24) is 10.3 Å². The van der Waals surface area contributed by atoms with E-state index in [0.29, 0.717) is 16.5 Å². The third-order valence-electron chi connectivity index (χ3n) is 5.06. The maximum Gasteiger partial charge on any atom is 0.303 e. The van der Waals surface area contributed by atoms with Crippen LogP contribution >= 0.6 is 39.1 Å². The van der Waals surface area contributed by atoms with Crippen LogP contribution in [0.15, 0.2) is 34.8 Å². The number of carboxylic acid groups (broad SMARTS) is 1. The molecule has 0 radical (unpaired) electrons. The molecule has 1 heterocycles. The van der Waals surface area contributed by atoms with Gasteiger partial charge in [-0.1, -0.05) is 39.1 Å². The van der Waals surface area contributed by atoms with E-state index >= 15 is 0 Å². The minimum absolute atomic E-state index is 0.0575. The Morgan fingerprint density at radius 2 is 1.88 bits per heavy atom. The zero-order chi connectivity index (χ0) is 23.6. The Morgan fingerprint density at radius 1 is 1.19 bits per heavy atom. The maximum atomic E-state index is 14.5. The second kappa shape index (κ2) is 10.1. The number of benzene rings is 2. The molecule has 2 N–H and O–H groups in total. The van der Waals surface area contributed by atoms with Gasteiger partial charge in [0.05, 0.1) is 16.1 Å². The molecule has 0 aliphatic heterocycles. The fourth-order valence-corrected chi connectivity index (χ4v) is 4.31. The van der Waals surface area contributed by atoms with E-state index in [1.807, 2.05) is 0 Å². The highest BCUT2D eigenvalue weighted by molar-refractivity contribution is 9.10. The molecule has 3 rings (SSSR count). The zero-order valence-corrected chi connectivity index (χ0v) is 19.8. The predicted octanol–water partition coefficient (Wildman–Crippen LogP) is 6.27. The van der Waals surface area contributed by atoms with Crippen LogP contribution in [0, 0.1) is 18.6 Å². The summed E-state index contributed by atoms with van der Waals surface area (Å²) in [5, 5.41) is 12.0. The number of amides is 1. The normalized spacial score (nSPS) is 12.1. The summed E-state index contributed by atoms with van der Waals surface area (Å²) in [5.41, 5.74) is 1.07. The molecule has 32 heavy (non-hydrogen) atoms. The van der Waals surface area contributed by atoms with E-state index in [2.05, 4.69) is 26.2 Å². The number of carbonyl (C=O) groups excluding carboxylic acids is 1. The van der Waals surface area contributed by atoms with Crippen LogP contribution < -0.4 is 5.32 Å². The van der Waals surface area contributed by atoms with Gasteiger partial charge < -0.3 is 10.4 Å². The van der Waals surface area contributed by atoms with Gasteiger partial charge >= 0.3 is 5.97 Å². The maximum absolute atomic E-state index is 14.5. The molecule has 1 aromatic heterocycles. The number of halogens is 5. The fourth-order valence-electron chi connectivity index (χ4n) is 3.46. The average Bonchev–Trinajstić information content (AvgIpc) is 2.73. The van der Waals surface area contributed by atoms with Crippen LogP contribution in [-0.4, -0.2) is 28.5 Å². The van der Waals surface area contributed by atoms with Gasteiger partial charge in [0.1, 0.15) is 16.8 Å². The molecule has 3 aromatic rings. The molecule has 1 amide bonds. The summed E-state index contributed by atoms with van der Waals surface area (Å²) >= 11 is 15.5. The molecule has 0 saturated carbocycles. The Bertz CT molecular complexity index is 1220. The van der Waals surface area contributed by atoms with Crippen molar-refractivity contribution < 1.29 is 23.5 Å². The van der Waals surface area contributed by atoms with Crippen LogP contribution in [0.25, 0.3) is 10.9 Å². The number of hydrogen-bond acceptors (Lipinski definition) is 3. The largest absolute Gasteiger partial charge is 0.481 e. The SMILES string of the molecule is Cc1c(Cl)nc2ccc(Br)cc2c1C(=O)NCC(CCC(=O)O)c1c(F)ccc(F)c1Cl. The smallest absolute Gasteiger partial charge is 0.303 e. The van der Waals surface area contributed by atoms with Gasteiger partial charge in [-0.25, -0.2) is 13.8 Å². The van der Waals surface area contributed by atoms with Crippen LogP contribution in [0.2, 0.25) is 10.2 Å². The molecule has 0 aliphatic carbocycles. The molecule has 1 atom stereocenters. The van der Waals surface area contributed by atoms with E-state index in [4.69, 9.17) is 28.3 Å². The Kier molecular flexibility index (Phi) is 7.69. The van der Waals surface area contributed by atoms with E-state index in [9.17, 15) is 18.4 Å². The summed E-state index contributed by atoms with van der Waals surface area (Å²) in [7, 11) is 0. The van der Waals surface area contributed by atoms with Gasteiger partial charge in [-0.2, -0.15) is 0 Å². The molecule has 0 saturated heterocycles. The number of carboxylic acids is 1. The van der Waals surface area contributed by atoms with Crippen molar-refractivity contribution in [3.63, 3.8) is 0 Å². The lowest BCUT2D eigenvalue weighted by Gasteiger charge is -2.20. The molecule has 0 fully saturated rings. The molecule has 0 spiro atoms. The number of hydrogen-bond donors (Lipinski definition) is 2. The quantitative estimate of drug-likeness (QED) is 0.271. The van der Waals surface area contributed by atoms with Gasteiger partial charge in [0.15, 0.2) is 0 Å². The number of aromatic nitrogens is 1. The Balaban J connectivity index is 1.96. The van der Waals surface area contributed by atoms with Gasteiger partial charge in [0.2, 0.25) is 0 Å². The van der Waals surface area contributed by atoms with Crippen molar-refractivity contribution in [3.05, 3.63) is 73.3 Å². The van der Waals surface area contributed by atoms with Crippen LogP contribution in [0.1, 0.15) is 40.2 Å². The fraction of sp³-hybridized carbons (Fsp3) is 0.227. The third-order valence-corrected chi connectivity index (χ3v) is 6.31. The van der Waals surface area contributed by atoms with Gasteiger partial charge in [-0.15, -0.1) is 0 Å². The van der Waals surface area contributed by atoms with Crippen LogP contribution in [0.4, 0.5) is 8.78 Å². The second-order valence-electron chi connectivity index (χ2n) is 7.16. The van der Waals surface area contributed by atoms with Gasteiger partial charge in [0.25, 0.3) is 5.91 Å². The van der Waals surface area contributed by atoms with Crippen LogP contribution in [0.3, 0.4) is 0 Å². The average molecular weight is 546 g/mol. The molecule has 5 nitrogen and oxygen atoms in total. The standard InChI is InChI=1S/C22H17BrCl2F2N2O3/c1-10-18(13-8-12(23)3-6-16(13)29-21(10)25)22(32)28-9-11(2-7-17(30)31)19-14(26)4-5-15(27)20(19)24/h3-6,8,11H,2,7,9H2,1H3,(H,28,32)(H,30,31). The summed E-state index contributed by atoms with van der Waals surface area (Å²) in [5.74, 6) is -4.10. The molecular formula is C22H17BrCl2F2N2O3. The van der Waals surface area contributed by atoms with E-state index in [1.54, 1.807) is 25.1 Å². The molecule has 1 unspecified atom stereocenters. The lowest BCUT2D eigenvalue weighted by atomic mass is 9.93. The van der Waals surface area contributed by atoms with Gasteiger partial charge in [-0.3, -0.25) is 9.59 Å². The highest BCUT2D eigenvalue weighted by Gasteiger charge is 2.25. The van der Waals surface area contributed by atoms with Gasteiger partial charge in [-0.05, 0) is 49.2 Å². The molecule has 168 valence electrons. The summed E-state index contributed by atoms with van der Waals surface area (Å²) < 4.78 is 29.2. The number of aliphatic carboxylic acids is 1. The number of carbonyl (C=O) groups is 2. The van der Waals surface area contributed by atoms with E-state index in [-0.39, 0.29) is 35.7 Å². The second-order valence-corrected chi connectivity index (χ2v) is 8.81. The summed E-state index contributed by atoms with van der Waals surface area (Å²) in [6, 6.07) is 7.01. The number of fused-ring (bicyclic) bond motifs is 1. The Labute approximate surface area is 200 Å². The molecule has 10 heteroatoms. The minimum Gasteiger partial charge on any atom is -0.481 e. The molecular weight excluding hydrogens is 529 g/mol. The first-order valence-electron chi connectivity index (χ1n) is 9.48. The molecule has 0 bridgehead atoms. The monoisotopic (exact) mass is 544 g/mol. The Hall–Kier alpha value is -2.29. The topological polar surface area (TPSA) is 79.3 Å². The zero-order valence-electron chi connectivity index (χ0n) is 16.7. The lowest BCUT2D eigenvalue weighted by Crippen LogP contribution is -2.30. The lowest BCUT2D eigenvalue weighted by molar-refractivity contribution is -0.137. The first-order chi connectivity index (χ1) is 15.1. The summed E-state index contributed by atoms with van der Waals surface area (Å²) in [4.78, 5) is 28.5. The van der Waals surface area contributed by atoms with E-state index < -0.39 is 34.5 Å².